The van der Waals surface area contributed by atoms with Crippen molar-refractivity contribution in [1.29, 1.82) is 0 Å². The lowest BCUT2D eigenvalue weighted by Crippen LogP contribution is -2.25. The summed E-state index contributed by atoms with van der Waals surface area (Å²) in [6, 6.07) is 6.72. The van der Waals surface area contributed by atoms with E-state index >= 15 is 0 Å². The minimum absolute atomic E-state index is 0.163. The maximum Gasteiger partial charge on any atom is 0.417 e. The van der Waals surface area contributed by atoms with Gasteiger partial charge in [-0.2, -0.15) is 13.2 Å². The molecule has 0 fully saturated rings. The molecule has 0 bridgehead atoms. The van der Waals surface area contributed by atoms with E-state index in [2.05, 4.69) is 26.0 Å². The van der Waals surface area contributed by atoms with E-state index in [4.69, 9.17) is 4.74 Å². The lowest BCUT2D eigenvalue weighted by molar-refractivity contribution is -0.138. The zero-order valence-electron chi connectivity index (χ0n) is 12.7. The molecule has 0 saturated carbocycles. The maximum absolute atomic E-state index is 12.9. The van der Waals surface area contributed by atoms with Gasteiger partial charge in [0.05, 0.1) is 16.1 Å². The second-order valence-electron chi connectivity index (χ2n) is 5.29. The molecule has 1 amide bonds. The number of amides is 1. The highest BCUT2D eigenvalue weighted by Crippen LogP contribution is 2.37. The summed E-state index contributed by atoms with van der Waals surface area (Å²) in [5.74, 6) is -0.144. The Bertz CT molecular complexity index is 993. The zero-order valence-corrected chi connectivity index (χ0v) is 15.1. The lowest BCUT2D eigenvalue weighted by Gasteiger charge is -2.19. The summed E-state index contributed by atoms with van der Waals surface area (Å²) in [6.07, 6.45) is -4.65. The Morgan fingerprint density at radius 3 is 2.58 bits per heavy atom. The normalized spacial score (nSPS) is 14.2. The van der Waals surface area contributed by atoms with Crippen LogP contribution >= 0.6 is 15.9 Å². The van der Waals surface area contributed by atoms with Crippen molar-refractivity contribution >= 4 is 43.2 Å². The molecular formula is C15H10BrF3N2O4S. The third-order valence-electron chi connectivity index (χ3n) is 3.42. The number of carbonyl (C=O) groups excluding carboxylic acids is 1. The second-order valence-corrected chi connectivity index (χ2v) is 7.83. The molecule has 0 unspecified atom stereocenters. The molecule has 11 heteroatoms. The van der Waals surface area contributed by atoms with E-state index in [0.717, 1.165) is 12.1 Å². The van der Waals surface area contributed by atoms with Gasteiger partial charge in [0.1, 0.15) is 5.75 Å². The molecule has 0 radical (unpaired) electrons. The third-order valence-corrected chi connectivity index (χ3v) is 5.49. The first-order valence-electron chi connectivity index (χ1n) is 7.02. The molecular weight excluding hydrogens is 441 g/mol. The number of hydrogen-bond donors (Lipinski definition) is 2. The number of hydrogen-bond acceptors (Lipinski definition) is 4. The summed E-state index contributed by atoms with van der Waals surface area (Å²) >= 11 is 2.79. The number of carbonyl (C=O) groups is 1. The Morgan fingerprint density at radius 2 is 1.88 bits per heavy atom. The van der Waals surface area contributed by atoms with Crippen molar-refractivity contribution in [1.82, 2.24) is 0 Å². The van der Waals surface area contributed by atoms with Crippen molar-refractivity contribution in [2.24, 2.45) is 0 Å². The van der Waals surface area contributed by atoms with Crippen molar-refractivity contribution in [2.75, 3.05) is 16.6 Å². The molecule has 6 nitrogen and oxygen atoms in total. The van der Waals surface area contributed by atoms with Gasteiger partial charge in [-0.15, -0.1) is 0 Å². The molecule has 26 heavy (non-hydrogen) atoms. The van der Waals surface area contributed by atoms with Gasteiger partial charge in [-0.25, -0.2) is 8.42 Å². The summed E-state index contributed by atoms with van der Waals surface area (Å²) < 4.78 is 70.8. The summed E-state index contributed by atoms with van der Waals surface area (Å²) in [5, 5.41) is 2.46. The van der Waals surface area contributed by atoms with E-state index in [9.17, 15) is 26.4 Å². The fourth-order valence-corrected chi connectivity index (χ4v) is 3.80. The average molecular weight is 451 g/mol. The van der Waals surface area contributed by atoms with Crippen LogP contribution < -0.4 is 14.8 Å². The molecule has 0 saturated heterocycles. The highest BCUT2D eigenvalue weighted by molar-refractivity contribution is 9.10. The van der Waals surface area contributed by atoms with Crippen molar-refractivity contribution < 1.29 is 31.1 Å². The Morgan fingerprint density at radius 1 is 1.15 bits per heavy atom. The standard InChI is InChI=1S/C15H10BrF3N2O4S/c16-11-3-1-8(5-10(11)15(17,18)19)21-26(23,24)9-2-4-13-12(6-9)20-14(22)7-25-13/h1-6,21H,7H2,(H,20,22). The SMILES string of the molecule is O=C1COc2ccc(S(=O)(=O)Nc3ccc(Br)c(C(F)(F)F)c3)cc2N1. The second kappa shape index (κ2) is 6.47. The Kier molecular flexibility index (Phi) is 4.61. The summed E-state index contributed by atoms with van der Waals surface area (Å²) in [7, 11) is -4.18. The average Bonchev–Trinajstić information content (AvgIpc) is 2.54. The molecule has 0 atom stereocenters. The third kappa shape index (κ3) is 3.78. The smallest absolute Gasteiger partial charge is 0.417 e. The van der Waals surface area contributed by atoms with E-state index < -0.39 is 27.7 Å². The molecule has 3 rings (SSSR count). The Balaban J connectivity index is 1.93. The van der Waals surface area contributed by atoms with Crippen LogP contribution in [0.2, 0.25) is 0 Å². The number of nitrogens with one attached hydrogen (secondary N) is 2. The molecule has 0 spiro atoms. The molecule has 0 aromatic heterocycles. The van der Waals surface area contributed by atoms with Crippen LogP contribution in [0.1, 0.15) is 5.56 Å². The molecule has 1 aliphatic rings. The number of alkyl halides is 3. The van der Waals surface area contributed by atoms with Gasteiger partial charge in [0, 0.05) is 10.2 Å². The summed E-state index contributed by atoms with van der Waals surface area (Å²) in [6.45, 7) is -0.184. The predicted octanol–water partition coefficient (Wildman–Crippen LogP) is 3.60. The number of rotatable bonds is 3. The van der Waals surface area contributed by atoms with Gasteiger partial charge in [-0.05, 0) is 36.4 Å². The van der Waals surface area contributed by atoms with Crippen LogP contribution in [0, 0.1) is 0 Å². The molecule has 2 aromatic carbocycles. The van der Waals surface area contributed by atoms with Crippen molar-refractivity contribution in [3.8, 4) is 5.75 Å². The van der Waals surface area contributed by atoms with Crippen molar-refractivity contribution in [2.45, 2.75) is 11.1 Å². The van der Waals surface area contributed by atoms with Gasteiger partial charge in [0.25, 0.3) is 15.9 Å². The molecule has 2 aromatic rings. The van der Waals surface area contributed by atoms with Crippen LogP contribution in [0.25, 0.3) is 0 Å². The van der Waals surface area contributed by atoms with Crippen LogP contribution in [0.4, 0.5) is 24.5 Å². The van der Waals surface area contributed by atoms with Crippen LogP contribution in [-0.2, 0) is 21.0 Å². The zero-order chi connectivity index (χ0) is 19.1. The number of benzene rings is 2. The van der Waals surface area contributed by atoms with E-state index in [-0.39, 0.29) is 27.3 Å². The van der Waals surface area contributed by atoms with Gasteiger partial charge in [-0.1, -0.05) is 15.9 Å². The summed E-state index contributed by atoms with van der Waals surface area (Å²) in [4.78, 5) is 11.1. The fourth-order valence-electron chi connectivity index (χ4n) is 2.25. The van der Waals surface area contributed by atoms with Gasteiger partial charge in [0.15, 0.2) is 6.61 Å². The van der Waals surface area contributed by atoms with E-state index in [1.165, 1.54) is 18.2 Å². The van der Waals surface area contributed by atoms with Gasteiger partial charge in [-0.3, -0.25) is 9.52 Å². The number of anilines is 2. The Hall–Kier alpha value is -2.27. The minimum atomic E-state index is -4.65. The van der Waals surface area contributed by atoms with Crippen LogP contribution in [0.5, 0.6) is 5.75 Å². The molecule has 0 aliphatic carbocycles. The highest BCUT2D eigenvalue weighted by atomic mass is 79.9. The molecule has 138 valence electrons. The number of sulfonamides is 1. The van der Waals surface area contributed by atoms with Crippen LogP contribution in [0.3, 0.4) is 0 Å². The van der Waals surface area contributed by atoms with Gasteiger partial charge >= 0.3 is 6.18 Å². The summed E-state index contributed by atoms with van der Waals surface area (Å²) in [5.41, 5.74) is -1.10. The predicted molar refractivity (Wildman–Crippen MR) is 90.5 cm³/mol. The van der Waals surface area contributed by atoms with E-state index in [1.54, 1.807) is 0 Å². The van der Waals surface area contributed by atoms with Crippen LogP contribution in [-0.4, -0.2) is 20.9 Å². The first kappa shape index (κ1) is 18.5. The quantitative estimate of drug-likeness (QED) is 0.747. The lowest BCUT2D eigenvalue weighted by atomic mass is 10.2. The van der Waals surface area contributed by atoms with Crippen molar-refractivity contribution in [3.05, 3.63) is 46.4 Å². The number of halogens is 4. The molecule has 1 heterocycles. The molecule has 2 N–H and O–H groups in total. The highest BCUT2D eigenvalue weighted by Gasteiger charge is 2.33. The van der Waals surface area contributed by atoms with Gasteiger partial charge < -0.3 is 10.1 Å². The first-order chi connectivity index (χ1) is 12.1. The minimum Gasteiger partial charge on any atom is -0.482 e. The van der Waals surface area contributed by atoms with Gasteiger partial charge in [0.2, 0.25) is 0 Å². The maximum atomic E-state index is 12.9. The monoisotopic (exact) mass is 450 g/mol. The Labute approximate surface area is 154 Å². The number of ether oxygens (including phenoxy) is 1. The van der Waals surface area contributed by atoms with E-state index in [1.807, 2.05) is 0 Å². The van der Waals surface area contributed by atoms with Crippen LogP contribution in [0.15, 0.2) is 45.8 Å². The molecule has 1 aliphatic heterocycles. The number of fused-ring (bicyclic) bond motifs is 1. The topological polar surface area (TPSA) is 84.5 Å². The van der Waals surface area contributed by atoms with Crippen molar-refractivity contribution in [3.63, 3.8) is 0 Å². The first-order valence-corrected chi connectivity index (χ1v) is 9.30. The largest absolute Gasteiger partial charge is 0.482 e. The van der Waals surface area contributed by atoms with E-state index in [0.29, 0.717) is 11.8 Å². The fraction of sp³-hybridized carbons (Fsp3) is 0.133.